The normalized spacial score (nSPS) is 39.1. The third-order valence-corrected chi connectivity index (χ3v) is 6.39. The molecule has 21 heavy (non-hydrogen) atoms. The van der Waals surface area contributed by atoms with Crippen molar-refractivity contribution in [1.29, 1.82) is 0 Å². The zero-order valence-electron chi connectivity index (χ0n) is 14.0. The summed E-state index contributed by atoms with van der Waals surface area (Å²) < 4.78 is 0. The molecule has 0 aromatic rings. The Morgan fingerprint density at radius 3 is 2.52 bits per heavy atom. The number of likely N-dealkylation sites (tertiary alicyclic amines) is 2. The van der Waals surface area contributed by atoms with Gasteiger partial charge in [0.15, 0.2) is 0 Å². The molecule has 1 saturated carbocycles. The van der Waals surface area contributed by atoms with Crippen LogP contribution in [0.4, 0.5) is 0 Å². The maximum absolute atomic E-state index is 6.10. The van der Waals surface area contributed by atoms with Crippen molar-refractivity contribution in [3.8, 4) is 0 Å². The van der Waals surface area contributed by atoms with Crippen LogP contribution in [0.5, 0.6) is 0 Å². The minimum absolute atomic E-state index is 0.760. The Balaban J connectivity index is 1.58. The molecule has 0 aromatic heterocycles. The van der Waals surface area contributed by atoms with Crippen molar-refractivity contribution >= 4 is 0 Å². The molecular formula is C18H35N3. The molecule has 0 spiro atoms. The first-order valence-electron chi connectivity index (χ1n) is 9.50. The lowest BCUT2D eigenvalue weighted by atomic mass is 9.76. The zero-order valence-corrected chi connectivity index (χ0v) is 14.0. The van der Waals surface area contributed by atoms with Gasteiger partial charge in [-0.15, -0.1) is 0 Å². The van der Waals surface area contributed by atoms with Crippen LogP contribution < -0.4 is 5.73 Å². The first kappa shape index (κ1) is 15.8. The van der Waals surface area contributed by atoms with Gasteiger partial charge in [0.1, 0.15) is 0 Å². The zero-order chi connectivity index (χ0) is 14.7. The lowest BCUT2D eigenvalue weighted by molar-refractivity contribution is 0.0911. The molecule has 4 atom stereocenters. The second kappa shape index (κ2) is 7.43. The molecule has 3 nitrogen and oxygen atoms in total. The standard InChI is InChI=1S/C18H35N3/c1-2-5-15-6-7-16(13-19)18(12-15)21-11-8-17(14-21)20-9-3-4-10-20/h15-18H,2-14,19H2,1H3. The molecule has 3 fully saturated rings. The van der Waals surface area contributed by atoms with Crippen LogP contribution in [0.2, 0.25) is 0 Å². The van der Waals surface area contributed by atoms with Crippen LogP contribution in [-0.4, -0.2) is 54.6 Å². The summed E-state index contributed by atoms with van der Waals surface area (Å²) in [7, 11) is 0. The van der Waals surface area contributed by atoms with E-state index in [0.29, 0.717) is 0 Å². The molecule has 0 radical (unpaired) electrons. The Morgan fingerprint density at radius 2 is 1.81 bits per heavy atom. The van der Waals surface area contributed by atoms with Gasteiger partial charge >= 0.3 is 0 Å². The lowest BCUT2D eigenvalue weighted by Crippen LogP contribution is -2.47. The molecule has 0 aromatic carbocycles. The summed E-state index contributed by atoms with van der Waals surface area (Å²) in [4.78, 5) is 5.58. The van der Waals surface area contributed by atoms with E-state index in [0.717, 1.165) is 30.5 Å². The fourth-order valence-corrected chi connectivity index (χ4v) is 5.16. The van der Waals surface area contributed by atoms with E-state index >= 15 is 0 Å². The predicted octanol–water partition coefficient (Wildman–Crippen LogP) is 2.70. The number of rotatable bonds is 5. The average Bonchev–Trinajstić information content (AvgIpc) is 3.18. The van der Waals surface area contributed by atoms with E-state index in [1.165, 1.54) is 77.5 Å². The quantitative estimate of drug-likeness (QED) is 0.846. The van der Waals surface area contributed by atoms with Crippen LogP contribution >= 0.6 is 0 Å². The van der Waals surface area contributed by atoms with Crippen molar-refractivity contribution in [2.45, 2.75) is 70.4 Å². The van der Waals surface area contributed by atoms with Gasteiger partial charge in [0.2, 0.25) is 0 Å². The van der Waals surface area contributed by atoms with Crippen LogP contribution in [0, 0.1) is 11.8 Å². The lowest BCUT2D eigenvalue weighted by Gasteiger charge is -2.41. The molecule has 2 aliphatic heterocycles. The first-order valence-corrected chi connectivity index (χ1v) is 9.50. The highest BCUT2D eigenvalue weighted by molar-refractivity contribution is 4.93. The van der Waals surface area contributed by atoms with E-state index in [2.05, 4.69) is 16.7 Å². The summed E-state index contributed by atoms with van der Waals surface area (Å²) in [6, 6.07) is 1.63. The van der Waals surface area contributed by atoms with E-state index in [9.17, 15) is 0 Å². The van der Waals surface area contributed by atoms with Gasteiger partial charge in [-0.1, -0.05) is 26.2 Å². The van der Waals surface area contributed by atoms with E-state index in [-0.39, 0.29) is 0 Å². The van der Waals surface area contributed by atoms with Gasteiger partial charge in [-0.25, -0.2) is 0 Å². The third kappa shape index (κ3) is 3.62. The number of nitrogens with zero attached hydrogens (tertiary/aromatic N) is 2. The maximum atomic E-state index is 6.10. The first-order chi connectivity index (χ1) is 10.3. The fourth-order valence-electron chi connectivity index (χ4n) is 5.16. The smallest absolute Gasteiger partial charge is 0.0235 e. The predicted molar refractivity (Wildman–Crippen MR) is 89.4 cm³/mol. The monoisotopic (exact) mass is 293 g/mol. The molecule has 2 N–H and O–H groups in total. The minimum atomic E-state index is 0.760. The molecule has 3 aliphatic rings. The second-order valence-corrected chi connectivity index (χ2v) is 7.71. The van der Waals surface area contributed by atoms with Crippen molar-refractivity contribution in [2.75, 3.05) is 32.7 Å². The van der Waals surface area contributed by atoms with E-state index in [4.69, 9.17) is 5.73 Å². The van der Waals surface area contributed by atoms with Gasteiger partial charge in [0, 0.05) is 25.2 Å². The summed E-state index contributed by atoms with van der Waals surface area (Å²) in [6.07, 6.45) is 11.2. The highest BCUT2D eigenvalue weighted by Crippen LogP contribution is 2.36. The van der Waals surface area contributed by atoms with Gasteiger partial charge in [-0.2, -0.15) is 0 Å². The van der Waals surface area contributed by atoms with Crippen LogP contribution in [0.25, 0.3) is 0 Å². The molecule has 4 unspecified atom stereocenters. The van der Waals surface area contributed by atoms with Gasteiger partial charge in [0.05, 0.1) is 0 Å². The third-order valence-electron chi connectivity index (χ3n) is 6.39. The van der Waals surface area contributed by atoms with Crippen molar-refractivity contribution in [1.82, 2.24) is 9.80 Å². The van der Waals surface area contributed by atoms with Gasteiger partial charge in [-0.05, 0) is 63.6 Å². The Kier molecular flexibility index (Phi) is 5.58. The molecule has 0 amide bonds. The van der Waals surface area contributed by atoms with Gasteiger partial charge < -0.3 is 5.73 Å². The largest absolute Gasteiger partial charge is 0.330 e. The molecule has 1 aliphatic carbocycles. The summed E-state index contributed by atoms with van der Waals surface area (Å²) in [5, 5.41) is 0. The fraction of sp³-hybridized carbons (Fsp3) is 1.00. The number of hydrogen-bond acceptors (Lipinski definition) is 3. The van der Waals surface area contributed by atoms with Gasteiger partial charge in [0.25, 0.3) is 0 Å². The summed E-state index contributed by atoms with van der Waals surface area (Å²) >= 11 is 0. The molecule has 2 saturated heterocycles. The summed E-state index contributed by atoms with van der Waals surface area (Å²) in [5.74, 6) is 1.73. The Morgan fingerprint density at radius 1 is 1.00 bits per heavy atom. The molecular weight excluding hydrogens is 258 g/mol. The Labute approximate surface area is 131 Å². The van der Waals surface area contributed by atoms with Crippen LogP contribution in [0.3, 0.4) is 0 Å². The van der Waals surface area contributed by atoms with Crippen LogP contribution in [0.1, 0.15) is 58.3 Å². The molecule has 0 bridgehead atoms. The molecule has 3 heteroatoms. The van der Waals surface area contributed by atoms with E-state index < -0.39 is 0 Å². The Bertz CT molecular complexity index is 314. The van der Waals surface area contributed by atoms with Crippen LogP contribution in [-0.2, 0) is 0 Å². The van der Waals surface area contributed by atoms with Crippen LogP contribution in [0.15, 0.2) is 0 Å². The van der Waals surface area contributed by atoms with Crippen molar-refractivity contribution in [3.05, 3.63) is 0 Å². The molecule has 3 rings (SSSR count). The molecule has 2 heterocycles. The number of hydrogen-bond donors (Lipinski definition) is 1. The number of nitrogens with two attached hydrogens (primary N) is 1. The summed E-state index contributed by atoms with van der Waals surface area (Å²) in [6.45, 7) is 8.57. The highest BCUT2D eigenvalue weighted by Gasteiger charge is 2.38. The average molecular weight is 293 g/mol. The highest BCUT2D eigenvalue weighted by atomic mass is 15.3. The Hall–Kier alpha value is -0.120. The van der Waals surface area contributed by atoms with Crippen molar-refractivity contribution in [3.63, 3.8) is 0 Å². The van der Waals surface area contributed by atoms with Gasteiger partial charge in [-0.3, -0.25) is 9.80 Å². The molecule has 122 valence electrons. The van der Waals surface area contributed by atoms with E-state index in [1.54, 1.807) is 0 Å². The van der Waals surface area contributed by atoms with Crippen molar-refractivity contribution < 1.29 is 0 Å². The maximum Gasteiger partial charge on any atom is 0.0235 e. The van der Waals surface area contributed by atoms with Crippen molar-refractivity contribution in [2.24, 2.45) is 17.6 Å². The second-order valence-electron chi connectivity index (χ2n) is 7.71. The SMILES string of the molecule is CCCC1CCC(CN)C(N2CCC(N3CCCC3)C2)C1. The summed E-state index contributed by atoms with van der Waals surface area (Å²) in [5.41, 5.74) is 6.10. The minimum Gasteiger partial charge on any atom is -0.330 e. The van der Waals surface area contributed by atoms with E-state index in [1.807, 2.05) is 0 Å². The topological polar surface area (TPSA) is 32.5 Å².